The molecule has 2 aromatic heterocycles. The summed E-state index contributed by atoms with van der Waals surface area (Å²) in [6.45, 7) is 6.84. The maximum atomic E-state index is 12.8. The van der Waals surface area contributed by atoms with Gasteiger partial charge in [-0.05, 0) is 41.8 Å². The fraction of sp³-hybridized carbons (Fsp3) is 0.389. The minimum absolute atomic E-state index is 0.227. The molecule has 1 amide bonds. The number of carbonyl (C=O) groups excluding carboxylic acids is 1. The molecule has 27 heavy (non-hydrogen) atoms. The molecule has 3 aromatic rings. The number of nitrogens with zero attached hydrogens (tertiary/aromatic N) is 6. The van der Waals surface area contributed by atoms with Gasteiger partial charge in [0.1, 0.15) is 17.8 Å². The Morgan fingerprint density at radius 2 is 2.07 bits per heavy atom. The van der Waals surface area contributed by atoms with Crippen molar-refractivity contribution in [2.24, 2.45) is 5.92 Å². The Hall–Kier alpha value is -3.23. The molecule has 0 atom stereocenters. The smallest absolute Gasteiger partial charge is 0.273 e. The molecule has 0 radical (unpaired) electrons. The molecule has 3 rings (SSSR count). The van der Waals surface area contributed by atoms with Crippen LogP contribution < -0.4 is 10.1 Å². The molecule has 1 N–H and O–H groups in total. The van der Waals surface area contributed by atoms with Gasteiger partial charge in [0.2, 0.25) is 0 Å². The fourth-order valence-electron chi connectivity index (χ4n) is 2.79. The number of aromatic nitrogens is 6. The van der Waals surface area contributed by atoms with Crippen LogP contribution in [0.4, 0.5) is 5.69 Å². The molecule has 0 unspecified atom stereocenters. The van der Waals surface area contributed by atoms with E-state index in [9.17, 15) is 4.79 Å². The second-order valence-corrected chi connectivity index (χ2v) is 6.56. The highest BCUT2D eigenvalue weighted by Crippen LogP contribution is 2.23. The van der Waals surface area contributed by atoms with E-state index in [1.807, 2.05) is 13.0 Å². The molecule has 0 aliphatic rings. The highest BCUT2D eigenvalue weighted by Gasteiger charge is 2.16. The van der Waals surface area contributed by atoms with Crippen LogP contribution >= 0.6 is 0 Å². The maximum Gasteiger partial charge on any atom is 0.273 e. The number of amides is 1. The van der Waals surface area contributed by atoms with Crippen LogP contribution in [-0.4, -0.2) is 43.0 Å². The van der Waals surface area contributed by atoms with Crippen LogP contribution in [0, 0.1) is 5.92 Å². The number of nitrogens with one attached hydrogen (secondary N) is 1. The number of hydrogen-bond donors (Lipinski definition) is 1. The molecule has 0 fully saturated rings. The highest BCUT2D eigenvalue weighted by atomic mass is 16.5. The summed E-state index contributed by atoms with van der Waals surface area (Å²) in [6.07, 6.45) is 2.31. The van der Waals surface area contributed by atoms with E-state index < -0.39 is 0 Å². The van der Waals surface area contributed by atoms with E-state index in [-0.39, 0.29) is 5.91 Å². The minimum Gasteiger partial charge on any atom is -0.497 e. The SMILES string of the molecule is CCn1nc(CC(C)C)cc1C(=O)Nc1cc(OC)cc(-n2cnnn2)c1. The minimum atomic E-state index is -0.227. The third kappa shape index (κ3) is 4.30. The van der Waals surface area contributed by atoms with Crippen molar-refractivity contribution in [2.45, 2.75) is 33.7 Å². The van der Waals surface area contributed by atoms with Crippen molar-refractivity contribution in [1.82, 2.24) is 30.0 Å². The van der Waals surface area contributed by atoms with Gasteiger partial charge in [-0.3, -0.25) is 9.48 Å². The van der Waals surface area contributed by atoms with Crippen molar-refractivity contribution < 1.29 is 9.53 Å². The van der Waals surface area contributed by atoms with Gasteiger partial charge >= 0.3 is 0 Å². The van der Waals surface area contributed by atoms with Gasteiger partial charge in [-0.25, -0.2) is 4.68 Å². The van der Waals surface area contributed by atoms with E-state index in [0.29, 0.717) is 35.3 Å². The van der Waals surface area contributed by atoms with Gasteiger partial charge in [-0.2, -0.15) is 5.10 Å². The summed E-state index contributed by atoms with van der Waals surface area (Å²) in [7, 11) is 1.56. The number of aryl methyl sites for hydroxylation is 1. The molecular weight excluding hydrogens is 346 g/mol. The normalized spacial score (nSPS) is 11.0. The molecule has 9 nitrogen and oxygen atoms in total. The summed E-state index contributed by atoms with van der Waals surface area (Å²) in [5.74, 6) is 0.830. The quantitative estimate of drug-likeness (QED) is 0.686. The Morgan fingerprint density at radius 1 is 1.26 bits per heavy atom. The van der Waals surface area contributed by atoms with E-state index in [1.165, 1.54) is 11.0 Å². The summed E-state index contributed by atoms with van der Waals surface area (Å²) in [5, 5.41) is 18.6. The van der Waals surface area contributed by atoms with E-state index in [1.54, 1.807) is 30.0 Å². The number of hydrogen-bond acceptors (Lipinski definition) is 6. The van der Waals surface area contributed by atoms with Crippen molar-refractivity contribution >= 4 is 11.6 Å². The van der Waals surface area contributed by atoms with Gasteiger partial charge in [0.05, 0.1) is 18.5 Å². The first-order valence-corrected chi connectivity index (χ1v) is 8.80. The number of tetrazole rings is 1. The molecule has 142 valence electrons. The van der Waals surface area contributed by atoms with Crippen LogP contribution in [-0.2, 0) is 13.0 Å². The summed E-state index contributed by atoms with van der Waals surface area (Å²) < 4.78 is 8.54. The van der Waals surface area contributed by atoms with Gasteiger partial charge in [-0.15, -0.1) is 5.10 Å². The molecule has 0 spiro atoms. The van der Waals surface area contributed by atoms with Crippen molar-refractivity contribution in [1.29, 1.82) is 0 Å². The summed E-state index contributed by atoms with van der Waals surface area (Å²) >= 11 is 0. The summed E-state index contributed by atoms with van der Waals surface area (Å²) in [5.41, 5.74) is 2.70. The molecule has 0 aliphatic carbocycles. The molecule has 0 aliphatic heterocycles. The molecule has 9 heteroatoms. The van der Waals surface area contributed by atoms with Crippen molar-refractivity contribution in [3.8, 4) is 11.4 Å². The summed E-state index contributed by atoms with van der Waals surface area (Å²) in [6, 6.07) is 7.15. The monoisotopic (exact) mass is 369 g/mol. The average molecular weight is 369 g/mol. The van der Waals surface area contributed by atoms with E-state index in [0.717, 1.165) is 12.1 Å². The van der Waals surface area contributed by atoms with Gasteiger partial charge in [0.25, 0.3) is 5.91 Å². The standard InChI is InChI=1S/C18H23N7O2/c1-5-24-17(9-14(21-24)6-12(2)3)18(26)20-13-7-15(10-16(8-13)27-4)25-11-19-22-23-25/h7-12H,5-6H2,1-4H3,(H,20,26). The van der Waals surface area contributed by atoms with Gasteiger partial charge in [0, 0.05) is 24.4 Å². The number of carbonyl (C=O) groups is 1. The zero-order valence-electron chi connectivity index (χ0n) is 15.9. The number of benzene rings is 1. The number of rotatable bonds is 7. The molecule has 0 saturated heterocycles. The van der Waals surface area contributed by atoms with Gasteiger partial charge in [-0.1, -0.05) is 13.8 Å². The van der Waals surface area contributed by atoms with Crippen LogP contribution in [0.3, 0.4) is 0 Å². The van der Waals surface area contributed by atoms with E-state index in [4.69, 9.17) is 4.74 Å². The molecule has 0 saturated carbocycles. The second kappa shape index (κ2) is 7.98. The Bertz CT molecular complexity index is 916. The van der Waals surface area contributed by atoms with E-state index in [2.05, 4.69) is 39.8 Å². The first-order chi connectivity index (χ1) is 13.0. The van der Waals surface area contributed by atoms with Crippen LogP contribution in [0.1, 0.15) is 37.0 Å². The highest BCUT2D eigenvalue weighted by molar-refractivity contribution is 6.03. The largest absolute Gasteiger partial charge is 0.497 e. The zero-order valence-corrected chi connectivity index (χ0v) is 15.9. The lowest BCUT2D eigenvalue weighted by molar-refractivity contribution is 0.101. The van der Waals surface area contributed by atoms with E-state index >= 15 is 0 Å². The Balaban J connectivity index is 1.87. The Kier molecular flexibility index (Phi) is 5.49. The fourth-order valence-corrected chi connectivity index (χ4v) is 2.79. The average Bonchev–Trinajstić information content (AvgIpc) is 3.30. The van der Waals surface area contributed by atoms with Gasteiger partial charge in [0.15, 0.2) is 0 Å². The van der Waals surface area contributed by atoms with Crippen molar-refractivity contribution in [3.05, 3.63) is 42.0 Å². The number of anilines is 1. The predicted molar refractivity (Wildman–Crippen MR) is 100 cm³/mol. The first-order valence-electron chi connectivity index (χ1n) is 8.80. The topological polar surface area (TPSA) is 99.8 Å². The third-order valence-electron chi connectivity index (χ3n) is 3.98. The maximum absolute atomic E-state index is 12.8. The van der Waals surface area contributed by atoms with Crippen LogP contribution in [0.5, 0.6) is 5.75 Å². The number of methoxy groups -OCH3 is 1. The lowest BCUT2D eigenvalue weighted by Gasteiger charge is -2.10. The third-order valence-corrected chi connectivity index (χ3v) is 3.98. The molecule has 0 bridgehead atoms. The Labute approximate surface area is 157 Å². The molecule has 1 aromatic carbocycles. The molecular formula is C18H23N7O2. The summed E-state index contributed by atoms with van der Waals surface area (Å²) in [4.78, 5) is 12.8. The molecule has 2 heterocycles. The van der Waals surface area contributed by atoms with Crippen LogP contribution in [0.15, 0.2) is 30.6 Å². The second-order valence-electron chi connectivity index (χ2n) is 6.56. The predicted octanol–water partition coefficient (Wildman–Crippen LogP) is 2.34. The number of ether oxygens (including phenoxy) is 1. The lowest BCUT2D eigenvalue weighted by atomic mass is 10.1. The van der Waals surface area contributed by atoms with Gasteiger partial charge < -0.3 is 10.1 Å². The van der Waals surface area contributed by atoms with Crippen LogP contribution in [0.2, 0.25) is 0 Å². The zero-order chi connectivity index (χ0) is 19.4. The Morgan fingerprint density at radius 3 is 2.70 bits per heavy atom. The van der Waals surface area contributed by atoms with Crippen molar-refractivity contribution in [3.63, 3.8) is 0 Å². The first kappa shape index (κ1) is 18.6. The lowest BCUT2D eigenvalue weighted by Crippen LogP contribution is -2.17. The van der Waals surface area contributed by atoms with Crippen molar-refractivity contribution in [2.75, 3.05) is 12.4 Å². The van der Waals surface area contributed by atoms with Crippen LogP contribution in [0.25, 0.3) is 5.69 Å².